The van der Waals surface area contributed by atoms with E-state index in [0.29, 0.717) is 41.3 Å². The lowest BCUT2D eigenvalue weighted by Crippen LogP contribution is -2.49. The first-order valence-electron chi connectivity index (χ1n) is 10.8. The zero-order valence-electron chi connectivity index (χ0n) is 19.3. The zero-order valence-corrected chi connectivity index (χ0v) is 19.3. The van der Waals surface area contributed by atoms with Crippen molar-refractivity contribution >= 4 is 22.6 Å². The Morgan fingerprint density at radius 3 is 2.24 bits per heavy atom. The van der Waals surface area contributed by atoms with Gasteiger partial charge in [-0.3, -0.25) is 4.79 Å². The fourth-order valence-electron chi connectivity index (χ4n) is 4.24. The smallest absolute Gasteiger partial charge is 0.340 e. The molecule has 8 nitrogen and oxygen atoms in total. The van der Waals surface area contributed by atoms with Gasteiger partial charge in [0.15, 0.2) is 11.3 Å². The third kappa shape index (κ3) is 4.33. The number of carbonyl (C=O) groups is 1. The van der Waals surface area contributed by atoms with Gasteiger partial charge in [-0.15, -0.1) is 0 Å². The van der Waals surface area contributed by atoms with Gasteiger partial charge in [0.2, 0.25) is 11.7 Å². The number of piperazine rings is 1. The van der Waals surface area contributed by atoms with Crippen LogP contribution in [-0.2, 0) is 11.2 Å². The highest BCUT2D eigenvalue weighted by Gasteiger charge is 2.25. The molecule has 1 saturated heterocycles. The van der Waals surface area contributed by atoms with Crippen LogP contribution in [-0.4, -0.2) is 58.3 Å². The number of methoxy groups -OCH3 is 3. The van der Waals surface area contributed by atoms with Crippen LogP contribution in [0.15, 0.2) is 45.6 Å². The maximum absolute atomic E-state index is 13.0. The minimum absolute atomic E-state index is 0.000979. The lowest BCUT2D eigenvalue weighted by atomic mass is 10.0. The van der Waals surface area contributed by atoms with E-state index in [1.54, 1.807) is 18.1 Å². The molecule has 0 atom stereocenters. The molecule has 0 unspecified atom stereocenters. The summed E-state index contributed by atoms with van der Waals surface area (Å²) in [6, 6.07) is 11.5. The number of anilines is 1. The van der Waals surface area contributed by atoms with Gasteiger partial charge in [-0.25, -0.2) is 4.79 Å². The summed E-state index contributed by atoms with van der Waals surface area (Å²) in [5.41, 5.74) is 1.98. The molecule has 0 N–H and O–H groups in total. The fourth-order valence-corrected chi connectivity index (χ4v) is 4.24. The molecule has 0 radical (unpaired) electrons. The van der Waals surface area contributed by atoms with E-state index in [0.717, 1.165) is 29.9 Å². The Kier molecular flexibility index (Phi) is 6.44. The molecule has 8 heteroatoms. The maximum atomic E-state index is 13.0. The molecular weight excluding hydrogens is 424 g/mol. The molecule has 0 spiro atoms. The van der Waals surface area contributed by atoms with Crippen LogP contribution in [0.25, 0.3) is 11.0 Å². The number of ether oxygens (including phenoxy) is 3. The molecule has 1 aromatic heterocycles. The second kappa shape index (κ2) is 9.44. The Morgan fingerprint density at radius 1 is 0.939 bits per heavy atom. The monoisotopic (exact) mass is 452 g/mol. The highest BCUT2D eigenvalue weighted by Crippen LogP contribution is 2.36. The Labute approximate surface area is 192 Å². The number of fused-ring (bicyclic) bond motifs is 1. The molecule has 1 aliphatic heterocycles. The van der Waals surface area contributed by atoms with E-state index < -0.39 is 5.63 Å². The van der Waals surface area contributed by atoms with Gasteiger partial charge in [0.05, 0.1) is 33.3 Å². The second-order valence-corrected chi connectivity index (χ2v) is 7.91. The first-order valence-corrected chi connectivity index (χ1v) is 10.8. The van der Waals surface area contributed by atoms with Gasteiger partial charge in [-0.1, -0.05) is 0 Å². The average Bonchev–Trinajstić information content (AvgIpc) is 2.85. The molecule has 4 rings (SSSR count). The Hall–Kier alpha value is -3.68. The summed E-state index contributed by atoms with van der Waals surface area (Å²) in [5.74, 6) is 1.57. The number of benzene rings is 2. The van der Waals surface area contributed by atoms with Gasteiger partial charge in [0, 0.05) is 37.3 Å². The summed E-state index contributed by atoms with van der Waals surface area (Å²) >= 11 is 0. The van der Waals surface area contributed by atoms with Crippen molar-refractivity contribution in [2.75, 3.05) is 52.4 Å². The van der Waals surface area contributed by atoms with E-state index in [2.05, 4.69) is 4.90 Å². The number of rotatable bonds is 6. The number of carbonyl (C=O) groups excluding carboxylic acids is 1. The van der Waals surface area contributed by atoms with Crippen molar-refractivity contribution in [3.8, 4) is 17.2 Å². The molecule has 2 heterocycles. The van der Waals surface area contributed by atoms with Gasteiger partial charge < -0.3 is 28.4 Å². The van der Waals surface area contributed by atoms with Gasteiger partial charge in [0.1, 0.15) is 5.75 Å². The summed E-state index contributed by atoms with van der Waals surface area (Å²) < 4.78 is 21.5. The molecule has 0 aliphatic carbocycles. The average molecular weight is 453 g/mol. The Bertz CT molecular complexity index is 1210. The molecule has 174 valence electrons. The fraction of sp³-hybridized carbons (Fsp3) is 0.360. The second-order valence-electron chi connectivity index (χ2n) is 7.91. The van der Waals surface area contributed by atoms with E-state index in [9.17, 15) is 9.59 Å². The molecule has 0 saturated carbocycles. The molecule has 1 aliphatic rings. The highest BCUT2D eigenvalue weighted by molar-refractivity contribution is 5.90. The first-order chi connectivity index (χ1) is 16.0. The summed E-state index contributed by atoms with van der Waals surface area (Å²) in [6.45, 7) is 4.46. The summed E-state index contributed by atoms with van der Waals surface area (Å²) in [7, 11) is 4.66. The molecule has 0 bridgehead atoms. The molecule has 2 aromatic carbocycles. The van der Waals surface area contributed by atoms with Gasteiger partial charge in [-0.2, -0.15) is 0 Å². The first kappa shape index (κ1) is 22.5. The Morgan fingerprint density at radius 2 is 1.64 bits per heavy atom. The van der Waals surface area contributed by atoms with Crippen molar-refractivity contribution < 1.29 is 23.4 Å². The normalized spacial score (nSPS) is 13.8. The standard InChI is InChI=1S/C25H28N2O6/c1-16-19-9-10-21(31-3)24(32-4)23(19)33-25(29)20(16)15-22(28)27-13-11-26(12-14-27)17-5-7-18(30-2)8-6-17/h5-10H,11-15H2,1-4H3. The lowest BCUT2D eigenvalue weighted by molar-refractivity contribution is -0.130. The number of amides is 1. The number of hydrogen-bond donors (Lipinski definition) is 0. The van der Waals surface area contributed by atoms with Crippen LogP contribution in [0, 0.1) is 6.92 Å². The van der Waals surface area contributed by atoms with Crippen LogP contribution in [0.2, 0.25) is 0 Å². The predicted molar refractivity (Wildman–Crippen MR) is 126 cm³/mol. The van der Waals surface area contributed by atoms with Crippen molar-refractivity contribution in [1.82, 2.24) is 4.90 Å². The van der Waals surface area contributed by atoms with Crippen LogP contribution < -0.4 is 24.7 Å². The molecule has 3 aromatic rings. The predicted octanol–water partition coefficient (Wildman–Crippen LogP) is 3.02. The van der Waals surface area contributed by atoms with Crippen LogP contribution in [0.5, 0.6) is 17.2 Å². The number of nitrogens with zero attached hydrogens (tertiary/aromatic N) is 2. The highest BCUT2D eigenvalue weighted by atomic mass is 16.5. The number of aryl methyl sites for hydroxylation is 1. The van der Waals surface area contributed by atoms with E-state index in [1.807, 2.05) is 37.3 Å². The quantitative estimate of drug-likeness (QED) is 0.532. The Balaban J connectivity index is 1.49. The third-order valence-corrected chi connectivity index (χ3v) is 6.20. The summed E-state index contributed by atoms with van der Waals surface area (Å²) in [4.78, 5) is 29.8. The molecule has 1 fully saturated rings. The summed E-state index contributed by atoms with van der Waals surface area (Å²) in [6.07, 6.45) is 0.000979. The van der Waals surface area contributed by atoms with Gasteiger partial charge >= 0.3 is 5.63 Å². The SMILES string of the molecule is COc1ccc(N2CCN(C(=O)Cc3c(C)c4ccc(OC)c(OC)c4oc3=O)CC2)cc1. The third-order valence-electron chi connectivity index (χ3n) is 6.20. The van der Waals surface area contributed by atoms with Crippen LogP contribution >= 0.6 is 0 Å². The number of hydrogen-bond acceptors (Lipinski definition) is 7. The maximum Gasteiger partial charge on any atom is 0.340 e. The largest absolute Gasteiger partial charge is 0.497 e. The van der Waals surface area contributed by atoms with E-state index >= 15 is 0 Å². The topological polar surface area (TPSA) is 81.5 Å². The van der Waals surface area contributed by atoms with Crippen molar-refractivity contribution in [3.63, 3.8) is 0 Å². The van der Waals surface area contributed by atoms with Gasteiger partial charge in [-0.05, 0) is 48.9 Å². The minimum atomic E-state index is -0.531. The van der Waals surface area contributed by atoms with Crippen molar-refractivity contribution in [2.24, 2.45) is 0 Å². The van der Waals surface area contributed by atoms with E-state index in [-0.39, 0.29) is 12.3 Å². The minimum Gasteiger partial charge on any atom is -0.497 e. The van der Waals surface area contributed by atoms with E-state index in [4.69, 9.17) is 18.6 Å². The van der Waals surface area contributed by atoms with Crippen LogP contribution in [0.4, 0.5) is 5.69 Å². The van der Waals surface area contributed by atoms with Crippen molar-refractivity contribution in [3.05, 3.63) is 57.9 Å². The van der Waals surface area contributed by atoms with E-state index in [1.165, 1.54) is 14.2 Å². The molecular formula is C25H28N2O6. The van der Waals surface area contributed by atoms with Crippen molar-refractivity contribution in [2.45, 2.75) is 13.3 Å². The van der Waals surface area contributed by atoms with Crippen LogP contribution in [0.3, 0.4) is 0 Å². The van der Waals surface area contributed by atoms with Gasteiger partial charge in [0.25, 0.3) is 0 Å². The molecule has 33 heavy (non-hydrogen) atoms. The molecule has 1 amide bonds. The lowest BCUT2D eigenvalue weighted by Gasteiger charge is -2.36. The zero-order chi connectivity index (χ0) is 23.5. The van der Waals surface area contributed by atoms with Crippen molar-refractivity contribution in [1.29, 1.82) is 0 Å². The summed E-state index contributed by atoms with van der Waals surface area (Å²) in [5, 5.41) is 0.722. The van der Waals surface area contributed by atoms with Crippen LogP contribution in [0.1, 0.15) is 11.1 Å².